The monoisotopic (exact) mass is 296 g/mol. The van der Waals surface area contributed by atoms with Gasteiger partial charge in [0.25, 0.3) is 11.8 Å². The lowest BCUT2D eigenvalue weighted by atomic mass is 10.1. The van der Waals surface area contributed by atoms with Crippen molar-refractivity contribution in [2.75, 3.05) is 11.9 Å². The summed E-state index contributed by atoms with van der Waals surface area (Å²) in [5.74, 6) is -0.515. The minimum Gasteiger partial charge on any atom is -0.365 e. The van der Waals surface area contributed by atoms with E-state index in [9.17, 15) is 9.59 Å². The molecule has 0 saturated heterocycles. The molecule has 1 atom stereocenters. The van der Waals surface area contributed by atoms with Crippen molar-refractivity contribution in [3.63, 3.8) is 0 Å². The van der Waals surface area contributed by atoms with E-state index in [0.717, 1.165) is 31.2 Å². The second kappa shape index (κ2) is 6.37. The molecule has 0 saturated carbocycles. The van der Waals surface area contributed by atoms with Crippen LogP contribution in [0.5, 0.6) is 0 Å². The van der Waals surface area contributed by atoms with Gasteiger partial charge in [0.15, 0.2) is 6.54 Å². The van der Waals surface area contributed by atoms with Gasteiger partial charge < -0.3 is 16.4 Å². The summed E-state index contributed by atoms with van der Waals surface area (Å²) in [7, 11) is 0. The van der Waals surface area contributed by atoms with E-state index in [-0.39, 0.29) is 5.91 Å². The van der Waals surface area contributed by atoms with Crippen LogP contribution in [0.25, 0.3) is 0 Å². The molecule has 110 valence electrons. The number of nitrogens with two attached hydrogens (primary N) is 2. The Labute approximate surface area is 122 Å². The lowest BCUT2D eigenvalue weighted by molar-refractivity contribution is -0.675. The molecule has 1 aromatic heterocycles. The number of primary amides is 1. The topological polar surface area (TPSA) is 88.8 Å². The second-order valence-electron chi connectivity index (χ2n) is 5.30. The van der Waals surface area contributed by atoms with Gasteiger partial charge in [-0.3, -0.25) is 9.59 Å². The van der Waals surface area contributed by atoms with Gasteiger partial charge in [0.2, 0.25) is 0 Å². The maximum atomic E-state index is 11.9. The molecule has 1 aliphatic carbocycles. The molecule has 1 aliphatic rings. The van der Waals surface area contributed by atoms with Crippen LogP contribution in [0, 0.1) is 0 Å². The lowest BCUT2D eigenvalue weighted by Crippen LogP contribution is -2.90. The highest BCUT2D eigenvalue weighted by molar-refractivity contribution is 7.17. The maximum Gasteiger partial charge on any atom is 0.280 e. The Bertz CT molecular complexity index is 525. The van der Waals surface area contributed by atoms with Gasteiger partial charge in [0.1, 0.15) is 5.00 Å². The van der Waals surface area contributed by atoms with Gasteiger partial charge >= 0.3 is 0 Å². The number of aryl methyl sites for hydroxylation is 1. The minimum atomic E-state index is -0.439. The van der Waals surface area contributed by atoms with E-state index in [0.29, 0.717) is 23.2 Å². The van der Waals surface area contributed by atoms with Crippen molar-refractivity contribution in [1.29, 1.82) is 0 Å². The Hall–Kier alpha value is -1.40. The second-order valence-corrected chi connectivity index (χ2v) is 6.40. The summed E-state index contributed by atoms with van der Waals surface area (Å²) >= 11 is 1.50. The maximum absolute atomic E-state index is 11.9. The summed E-state index contributed by atoms with van der Waals surface area (Å²) in [6.45, 7) is 4.55. The zero-order valence-electron chi connectivity index (χ0n) is 12.0. The average Bonchev–Trinajstić information content (AvgIpc) is 2.95. The van der Waals surface area contributed by atoms with Crippen molar-refractivity contribution in [2.24, 2.45) is 5.73 Å². The number of rotatable bonds is 6. The van der Waals surface area contributed by atoms with E-state index in [1.807, 2.05) is 5.32 Å². The molecular weight excluding hydrogens is 274 g/mol. The van der Waals surface area contributed by atoms with Crippen LogP contribution in [0.4, 0.5) is 5.00 Å². The smallest absolute Gasteiger partial charge is 0.280 e. The Balaban J connectivity index is 2.06. The summed E-state index contributed by atoms with van der Waals surface area (Å²) < 4.78 is 0. The first-order chi connectivity index (χ1) is 9.52. The van der Waals surface area contributed by atoms with Crippen LogP contribution in [-0.4, -0.2) is 24.4 Å². The van der Waals surface area contributed by atoms with Gasteiger partial charge in [-0.2, -0.15) is 0 Å². The van der Waals surface area contributed by atoms with E-state index in [1.54, 1.807) is 0 Å². The highest BCUT2D eigenvalue weighted by Gasteiger charge is 2.26. The number of thiophene rings is 1. The predicted octanol–water partition coefficient (Wildman–Crippen LogP) is 0.636. The number of amides is 2. The number of quaternary nitrogens is 1. The third-order valence-electron chi connectivity index (χ3n) is 3.77. The van der Waals surface area contributed by atoms with Crippen molar-refractivity contribution in [3.8, 4) is 0 Å². The Kier molecular flexibility index (Phi) is 4.77. The quantitative estimate of drug-likeness (QED) is 0.719. The van der Waals surface area contributed by atoms with Crippen molar-refractivity contribution < 1.29 is 14.9 Å². The van der Waals surface area contributed by atoms with Gasteiger partial charge in [-0.15, -0.1) is 11.3 Å². The Morgan fingerprint density at radius 1 is 1.45 bits per heavy atom. The van der Waals surface area contributed by atoms with Crippen molar-refractivity contribution in [2.45, 2.75) is 45.6 Å². The molecule has 5 nitrogen and oxygen atoms in total. The molecule has 0 fully saturated rings. The normalized spacial score (nSPS) is 14.9. The fourth-order valence-electron chi connectivity index (χ4n) is 2.41. The molecule has 5 N–H and O–H groups in total. The Morgan fingerprint density at radius 2 is 2.20 bits per heavy atom. The molecule has 0 aliphatic heterocycles. The molecule has 6 heteroatoms. The van der Waals surface area contributed by atoms with Crippen molar-refractivity contribution >= 4 is 28.2 Å². The summed E-state index contributed by atoms with van der Waals surface area (Å²) in [6, 6.07) is 0.421. The molecule has 1 heterocycles. The number of hydrogen-bond donors (Lipinski definition) is 3. The summed E-state index contributed by atoms with van der Waals surface area (Å²) in [5, 5.41) is 5.48. The SMILES string of the molecule is CC[C@H](C)[NH2+]CC(=O)Nc1sc2c(c1C(N)=O)CCC2. The predicted molar refractivity (Wildman–Crippen MR) is 80.0 cm³/mol. The first-order valence-electron chi connectivity index (χ1n) is 7.10. The van der Waals surface area contributed by atoms with Crippen LogP contribution in [-0.2, 0) is 17.6 Å². The molecule has 0 unspecified atom stereocenters. The Morgan fingerprint density at radius 3 is 2.85 bits per heavy atom. The molecule has 0 radical (unpaired) electrons. The number of fused-ring (bicyclic) bond motifs is 1. The molecule has 0 spiro atoms. The zero-order chi connectivity index (χ0) is 14.7. The summed E-state index contributed by atoms with van der Waals surface area (Å²) in [6.07, 6.45) is 3.96. The fourth-order valence-corrected chi connectivity index (χ4v) is 3.72. The van der Waals surface area contributed by atoms with Gasteiger partial charge in [0.05, 0.1) is 11.6 Å². The third-order valence-corrected chi connectivity index (χ3v) is 4.98. The first-order valence-corrected chi connectivity index (χ1v) is 7.92. The summed E-state index contributed by atoms with van der Waals surface area (Å²) in [5.41, 5.74) is 7.03. The molecule has 20 heavy (non-hydrogen) atoms. The molecule has 2 amide bonds. The number of carbonyl (C=O) groups excluding carboxylic acids is 2. The van der Waals surface area contributed by atoms with Crippen LogP contribution < -0.4 is 16.4 Å². The van der Waals surface area contributed by atoms with Gasteiger partial charge in [-0.05, 0) is 38.2 Å². The van der Waals surface area contributed by atoms with Crippen LogP contribution in [0.1, 0.15) is 47.5 Å². The highest BCUT2D eigenvalue weighted by atomic mass is 32.1. The van der Waals surface area contributed by atoms with Crippen LogP contribution in [0.3, 0.4) is 0 Å². The van der Waals surface area contributed by atoms with E-state index in [4.69, 9.17) is 5.73 Å². The summed E-state index contributed by atoms with van der Waals surface area (Å²) in [4.78, 5) is 24.7. The van der Waals surface area contributed by atoms with Crippen LogP contribution in [0.2, 0.25) is 0 Å². The minimum absolute atomic E-state index is 0.0762. The zero-order valence-corrected chi connectivity index (χ0v) is 12.8. The van der Waals surface area contributed by atoms with Crippen molar-refractivity contribution in [3.05, 3.63) is 16.0 Å². The lowest BCUT2D eigenvalue weighted by Gasteiger charge is -2.08. The van der Waals surface area contributed by atoms with E-state index < -0.39 is 5.91 Å². The third kappa shape index (κ3) is 3.19. The van der Waals surface area contributed by atoms with E-state index in [1.165, 1.54) is 16.2 Å². The molecule has 0 bridgehead atoms. The van der Waals surface area contributed by atoms with Gasteiger partial charge in [-0.1, -0.05) is 6.92 Å². The first kappa shape index (κ1) is 15.0. The van der Waals surface area contributed by atoms with Gasteiger partial charge in [0, 0.05) is 4.88 Å². The molecular formula is C14H22N3O2S+. The van der Waals surface area contributed by atoms with Crippen LogP contribution in [0.15, 0.2) is 0 Å². The van der Waals surface area contributed by atoms with E-state index >= 15 is 0 Å². The molecule has 2 rings (SSSR count). The fraction of sp³-hybridized carbons (Fsp3) is 0.571. The number of hydrogen-bond acceptors (Lipinski definition) is 3. The number of anilines is 1. The average molecular weight is 296 g/mol. The van der Waals surface area contributed by atoms with Gasteiger partial charge in [-0.25, -0.2) is 0 Å². The highest BCUT2D eigenvalue weighted by Crippen LogP contribution is 2.38. The number of nitrogens with one attached hydrogen (secondary N) is 1. The standard InChI is InChI=1S/C14H21N3O2S/c1-3-8(2)16-7-11(18)17-14-12(13(15)19)9-5-4-6-10(9)20-14/h8,16H,3-7H2,1-2H3,(H2,15,19)(H,17,18)/p+1/t8-/m0/s1. The van der Waals surface area contributed by atoms with Crippen molar-refractivity contribution in [1.82, 2.24) is 0 Å². The molecule has 0 aromatic carbocycles. The number of carbonyl (C=O) groups is 2. The van der Waals surface area contributed by atoms with Crippen LogP contribution >= 0.6 is 11.3 Å². The van der Waals surface area contributed by atoms with E-state index in [2.05, 4.69) is 19.2 Å². The largest absolute Gasteiger partial charge is 0.365 e. The molecule has 1 aromatic rings.